The van der Waals surface area contributed by atoms with Gasteiger partial charge in [0.2, 0.25) is 70.9 Å². The lowest BCUT2D eigenvalue weighted by Crippen LogP contribution is -2.58. The number of carbonyl (C=O) groups is 20. The van der Waals surface area contributed by atoms with Gasteiger partial charge in [-0.05, 0) is 93.4 Å². The van der Waals surface area contributed by atoms with Crippen molar-refractivity contribution in [2.75, 3.05) is 109 Å². The third-order valence-corrected chi connectivity index (χ3v) is 15.5. The lowest BCUT2D eigenvalue weighted by atomic mass is 10.0. The molecule has 632 valence electrons. The van der Waals surface area contributed by atoms with E-state index in [2.05, 4.69) is 107 Å². The number of amides is 12. The van der Waals surface area contributed by atoms with Crippen LogP contribution in [0.1, 0.15) is 112 Å². The van der Waals surface area contributed by atoms with Crippen molar-refractivity contribution in [1.82, 2.24) is 74.4 Å². The van der Waals surface area contributed by atoms with Crippen LogP contribution in [-0.4, -0.2) is 294 Å². The third kappa shape index (κ3) is 45.3. The van der Waals surface area contributed by atoms with Crippen LogP contribution in [0.25, 0.3) is 0 Å². The van der Waals surface area contributed by atoms with Crippen LogP contribution in [0, 0.1) is 5.92 Å². The number of Topliss-reactive ketones (excluding diaryl/α,β-unsaturated/α-hetero) is 2. The molecule has 112 heavy (non-hydrogen) atoms. The van der Waals surface area contributed by atoms with Gasteiger partial charge in [0.25, 0.3) is 0 Å². The fraction of sp³-hybridized carbons (Fsp3) is 0.652. The Bertz CT molecular complexity index is 2990. The van der Waals surface area contributed by atoms with Crippen molar-refractivity contribution in [2.24, 2.45) is 11.7 Å². The molecular formula is C69H113N15O28. The maximum Gasteiger partial charge on any atom is 0.328 e. The second kappa shape index (κ2) is 59.0. The SMILES string of the molecule is C=CCOC(=O)C(CCC(C)=O)NC(=O)C(COC)NC(=O)CNC(=O)C(CC(=O)OC)NC(=O)C(C)NC(=O)C(CC(=O)OC)NC(=O)C(C)CCCNC.C=CCOC(=O)C(CCC(C)=O)NC(=O)C(COC)NC(=O)CNC(=O)C(CC(=O)OC)NC(=O)C(C)NC(=O)C(CC(=O)OC)NC(=O)C(N)CCCNC. The highest BCUT2D eigenvalue weighted by molar-refractivity contribution is 6.00. The van der Waals surface area contributed by atoms with Gasteiger partial charge < -0.3 is 128 Å². The summed E-state index contributed by atoms with van der Waals surface area (Å²) in [6, 6.07) is -15.2. The van der Waals surface area contributed by atoms with Crippen LogP contribution in [0.15, 0.2) is 25.3 Å². The number of hydrogen-bond donors (Lipinski definition) is 15. The topological polar surface area (TPSA) is 610 Å². The fourth-order valence-corrected chi connectivity index (χ4v) is 9.12. The molecule has 0 aliphatic heterocycles. The Morgan fingerprint density at radius 1 is 0.366 bits per heavy atom. The molecule has 0 aromatic rings. The normalized spacial score (nSPS) is 13.8. The summed E-state index contributed by atoms with van der Waals surface area (Å²) in [5.41, 5.74) is 5.90. The van der Waals surface area contributed by atoms with Gasteiger partial charge in [0, 0.05) is 33.0 Å². The van der Waals surface area contributed by atoms with Gasteiger partial charge in [-0.3, -0.25) is 76.7 Å². The smallest absolute Gasteiger partial charge is 0.328 e. The minimum atomic E-state index is -1.63. The van der Waals surface area contributed by atoms with Crippen LogP contribution in [0.5, 0.6) is 0 Å². The van der Waals surface area contributed by atoms with E-state index in [1.54, 1.807) is 21.0 Å². The lowest BCUT2D eigenvalue weighted by Gasteiger charge is -2.24. The van der Waals surface area contributed by atoms with Crippen LogP contribution in [0.4, 0.5) is 0 Å². The number of methoxy groups -OCH3 is 6. The van der Waals surface area contributed by atoms with Gasteiger partial charge >= 0.3 is 35.8 Å². The predicted octanol–water partition coefficient (Wildman–Crippen LogP) is -7.20. The molecule has 0 saturated heterocycles. The zero-order chi connectivity index (χ0) is 85.6. The van der Waals surface area contributed by atoms with Gasteiger partial charge in [0.1, 0.15) is 85.2 Å². The summed E-state index contributed by atoms with van der Waals surface area (Å²) in [7, 11) is 10.2. The number of rotatable bonds is 56. The number of ether oxygens (including phenoxy) is 8. The first-order valence-corrected chi connectivity index (χ1v) is 35.3. The Balaban J connectivity index is 0. The van der Waals surface area contributed by atoms with Gasteiger partial charge in [0.15, 0.2) is 0 Å². The van der Waals surface area contributed by atoms with E-state index in [0.29, 0.717) is 32.4 Å². The van der Waals surface area contributed by atoms with Crippen molar-refractivity contribution in [1.29, 1.82) is 0 Å². The summed E-state index contributed by atoms with van der Waals surface area (Å²) < 4.78 is 38.4. The van der Waals surface area contributed by atoms with Crippen LogP contribution in [0.2, 0.25) is 0 Å². The van der Waals surface area contributed by atoms with Gasteiger partial charge in [0.05, 0.1) is 86.5 Å². The monoisotopic (exact) mass is 1600 g/mol. The first-order valence-electron chi connectivity index (χ1n) is 35.3. The molecule has 0 radical (unpaired) electrons. The molecule has 0 heterocycles. The molecule has 43 nitrogen and oxygen atoms in total. The summed E-state index contributed by atoms with van der Waals surface area (Å²) in [6.07, 6.45) is 1.77. The first kappa shape index (κ1) is 103. The van der Waals surface area contributed by atoms with Crippen molar-refractivity contribution >= 4 is 118 Å². The van der Waals surface area contributed by atoms with E-state index < -0.39 is 218 Å². The van der Waals surface area contributed by atoms with E-state index in [9.17, 15) is 95.9 Å². The zero-order valence-electron chi connectivity index (χ0n) is 65.6. The Morgan fingerprint density at radius 3 is 0.982 bits per heavy atom. The van der Waals surface area contributed by atoms with Crippen LogP contribution >= 0.6 is 0 Å². The fourth-order valence-electron chi connectivity index (χ4n) is 9.12. The highest BCUT2D eigenvalue weighted by atomic mass is 16.5. The Labute approximate surface area is 648 Å². The van der Waals surface area contributed by atoms with E-state index in [1.165, 1.54) is 54.1 Å². The molecule has 16 N–H and O–H groups in total. The molecule has 0 fully saturated rings. The summed E-state index contributed by atoms with van der Waals surface area (Å²) >= 11 is 0. The summed E-state index contributed by atoms with van der Waals surface area (Å²) in [5.74, 6) is -16.9. The van der Waals surface area contributed by atoms with E-state index in [0.717, 1.165) is 28.4 Å². The van der Waals surface area contributed by atoms with Gasteiger partial charge in [-0.2, -0.15) is 0 Å². The highest BCUT2D eigenvalue weighted by Crippen LogP contribution is 2.10. The maximum absolute atomic E-state index is 13.1. The highest BCUT2D eigenvalue weighted by Gasteiger charge is 2.36. The van der Waals surface area contributed by atoms with Crippen molar-refractivity contribution in [3.8, 4) is 0 Å². The third-order valence-electron chi connectivity index (χ3n) is 15.5. The van der Waals surface area contributed by atoms with Crippen LogP contribution < -0.4 is 80.2 Å². The second-order valence-electron chi connectivity index (χ2n) is 24.9. The number of ketones is 2. The molecule has 43 heteroatoms. The second-order valence-corrected chi connectivity index (χ2v) is 24.9. The van der Waals surface area contributed by atoms with E-state index in [-0.39, 0.29) is 70.1 Å². The van der Waals surface area contributed by atoms with E-state index in [1.807, 2.05) is 0 Å². The van der Waals surface area contributed by atoms with Gasteiger partial charge in [-0.25, -0.2) is 9.59 Å². The summed E-state index contributed by atoms with van der Waals surface area (Å²) in [6.45, 7) is 12.3. The number of nitrogens with two attached hydrogens (primary N) is 1. The van der Waals surface area contributed by atoms with Crippen molar-refractivity contribution in [3.63, 3.8) is 0 Å². The molecule has 0 aliphatic rings. The Kier molecular flexibility index (Phi) is 54.3. The van der Waals surface area contributed by atoms with E-state index in [4.69, 9.17) is 24.7 Å². The molecule has 0 bridgehead atoms. The molecule has 12 atom stereocenters. The number of nitrogens with one attached hydrogen (secondary N) is 14. The first-order chi connectivity index (χ1) is 52.9. The van der Waals surface area contributed by atoms with Gasteiger partial charge in [-0.1, -0.05) is 32.2 Å². The molecule has 12 unspecified atom stereocenters. The average molecular weight is 1600 g/mol. The van der Waals surface area contributed by atoms with Crippen LogP contribution in [-0.2, 0) is 134 Å². The Hall–Kier alpha value is -10.9. The molecule has 0 aliphatic carbocycles. The zero-order valence-corrected chi connectivity index (χ0v) is 65.6. The summed E-state index contributed by atoms with van der Waals surface area (Å²) in [5, 5.41) is 33.9. The molecule has 0 aromatic heterocycles. The van der Waals surface area contributed by atoms with Gasteiger partial charge in [-0.15, -0.1) is 0 Å². The number of carbonyl (C=O) groups excluding carboxylic acids is 20. The largest absolute Gasteiger partial charge is 0.469 e. The minimum Gasteiger partial charge on any atom is -0.469 e. The van der Waals surface area contributed by atoms with Crippen molar-refractivity contribution in [2.45, 2.75) is 178 Å². The lowest BCUT2D eigenvalue weighted by molar-refractivity contribution is -0.148. The number of hydrogen-bond acceptors (Lipinski definition) is 31. The molecule has 0 aromatic carbocycles. The molecule has 0 rings (SSSR count). The van der Waals surface area contributed by atoms with Crippen molar-refractivity contribution in [3.05, 3.63) is 25.3 Å². The minimum absolute atomic E-state index is 0.0546. The number of esters is 6. The summed E-state index contributed by atoms with van der Waals surface area (Å²) in [4.78, 5) is 252. The van der Waals surface area contributed by atoms with E-state index >= 15 is 0 Å². The predicted molar refractivity (Wildman–Crippen MR) is 393 cm³/mol. The quantitative estimate of drug-likeness (QED) is 0.0116. The standard InChI is InChI=1S/C35H57N7O14.C34H56N8O14/c1-9-15-56-35(52)23(13-12-21(3)43)40-34(51)26(19-53-6)39-27(44)18-37-32(49)24(16-28(45)54-7)42-31(48)22(4)38-33(50)25(17-29(46)55-8)41-30(47)20(2)11-10-14-36-5;1-8-14-56-34(52)22(12-11-19(2)43)40-33(51)25(18-53-5)39-26(44)17-37-31(49)23(15-27(45)54-6)41-29(47)20(3)38-32(50)24(16-28(46)55-7)42-30(48)21(35)10-9-13-36-4/h9,20,22-26,36H,1,10-19H2,2-8H3,(H,37,49)(H,38,50)(H,39,44)(H,40,51)(H,41,47)(H,42,48);8,20-25,36H,1,9-18,35H2,2-7H3,(H,37,49)(H,38,50)(H,39,44)(H,40,51)(H,41,47)(H,42,48). The molecule has 0 spiro atoms. The van der Waals surface area contributed by atoms with Crippen LogP contribution in [0.3, 0.4) is 0 Å². The average Bonchev–Trinajstić information content (AvgIpc) is 0.971. The maximum atomic E-state index is 13.1. The molecule has 0 saturated carbocycles. The molecular weight excluding hydrogens is 1490 g/mol. The Morgan fingerprint density at radius 2 is 0.670 bits per heavy atom. The molecule has 12 amide bonds. The van der Waals surface area contributed by atoms with Crippen molar-refractivity contribution < 1.29 is 134 Å².